The molecule has 35 heavy (non-hydrogen) atoms. The first-order valence-corrected chi connectivity index (χ1v) is 13.2. The molecule has 0 bridgehead atoms. The van der Waals surface area contributed by atoms with Crippen molar-refractivity contribution in [3.05, 3.63) is 53.1 Å². The molecule has 0 radical (unpaired) electrons. The van der Waals surface area contributed by atoms with Gasteiger partial charge in [0.1, 0.15) is 11.7 Å². The third kappa shape index (κ3) is 3.80. The van der Waals surface area contributed by atoms with Gasteiger partial charge in [0.25, 0.3) is 0 Å². The second kappa shape index (κ2) is 8.05. The Hall–Kier alpha value is -2.93. The minimum Gasteiger partial charge on any atom is -0.346 e. The van der Waals surface area contributed by atoms with Crippen molar-refractivity contribution < 1.29 is 9.59 Å². The zero-order chi connectivity index (χ0) is 23.6. The van der Waals surface area contributed by atoms with E-state index in [1.807, 2.05) is 4.90 Å². The second-order valence-electron chi connectivity index (χ2n) is 11.2. The summed E-state index contributed by atoms with van der Waals surface area (Å²) >= 11 is 0. The lowest BCUT2D eigenvalue weighted by atomic mass is 9.88. The molecule has 4 fully saturated rings. The normalized spacial score (nSPS) is 30.5. The summed E-state index contributed by atoms with van der Waals surface area (Å²) in [5.41, 5.74) is 4.54. The van der Waals surface area contributed by atoms with E-state index in [-0.39, 0.29) is 23.5 Å². The van der Waals surface area contributed by atoms with Crippen LogP contribution in [0, 0.1) is 11.8 Å². The van der Waals surface area contributed by atoms with E-state index in [0.29, 0.717) is 17.7 Å². The average Bonchev–Trinajstić information content (AvgIpc) is 3.82. The summed E-state index contributed by atoms with van der Waals surface area (Å²) in [4.78, 5) is 34.3. The molecule has 3 aliphatic heterocycles. The highest BCUT2D eigenvalue weighted by Gasteiger charge is 2.59. The first-order chi connectivity index (χ1) is 17.1. The molecule has 6 aliphatic rings. The van der Waals surface area contributed by atoms with Crippen LogP contribution in [0.2, 0.25) is 0 Å². The lowest BCUT2D eigenvalue weighted by Gasteiger charge is -2.30. The Bertz CT molecular complexity index is 1160. The predicted molar refractivity (Wildman–Crippen MR) is 135 cm³/mol. The molecule has 2 saturated carbocycles. The van der Waals surface area contributed by atoms with Crippen LogP contribution in [0.15, 0.2) is 47.0 Å². The molecule has 7 rings (SSSR count). The van der Waals surface area contributed by atoms with Gasteiger partial charge in [-0.05, 0) is 67.2 Å². The van der Waals surface area contributed by atoms with Gasteiger partial charge in [-0.2, -0.15) is 0 Å². The van der Waals surface area contributed by atoms with E-state index in [2.05, 4.69) is 57.0 Å². The molecule has 7 nitrogen and oxygen atoms in total. The molecular formula is C28H33N5O2. The van der Waals surface area contributed by atoms with Crippen LogP contribution in [0.5, 0.6) is 0 Å². The fourth-order valence-electron chi connectivity index (χ4n) is 6.22. The molecule has 2 unspecified atom stereocenters. The fraction of sp³-hybridized carbons (Fsp3) is 0.536. The number of nitrogens with one attached hydrogen (secondary N) is 2. The summed E-state index contributed by atoms with van der Waals surface area (Å²) in [5.74, 6) is 1.57. The highest BCUT2D eigenvalue weighted by molar-refractivity contribution is 5.92. The third-order valence-corrected chi connectivity index (χ3v) is 8.70. The Morgan fingerprint density at radius 2 is 2.09 bits per heavy atom. The Kier molecular flexibility index (Phi) is 4.91. The van der Waals surface area contributed by atoms with E-state index in [4.69, 9.17) is 0 Å². The highest BCUT2D eigenvalue weighted by atomic mass is 16.2. The number of nitrogens with zero attached hydrogens (tertiary/aromatic N) is 3. The van der Waals surface area contributed by atoms with Crippen molar-refractivity contribution >= 4 is 23.8 Å². The molecule has 2 amide bonds. The lowest BCUT2D eigenvalue weighted by Crippen LogP contribution is -2.42. The number of carbonyl (C=O) groups excluding carboxylic acids is 2. The minimum atomic E-state index is -0.343. The van der Waals surface area contributed by atoms with Crippen LogP contribution >= 0.6 is 0 Å². The van der Waals surface area contributed by atoms with Crippen molar-refractivity contribution in [3.8, 4) is 0 Å². The first kappa shape index (κ1) is 21.4. The van der Waals surface area contributed by atoms with Gasteiger partial charge < -0.3 is 15.1 Å². The summed E-state index contributed by atoms with van der Waals surface area (Å²) in [7, 11) is 0. The van der Waals surface area contributed by atoms with Gasteiger partial charge in [-0.3, -0.25) is 19.9 Å². The van der Waals surface area contributed by atoms with Crippen LogP contribution in [0.3, 0.4) is 0 Å². The molecule has 2 saturated heterocycles. The molecule has 1 aromatic carbocycles. The summed E-state index contributed by atoms with van der Waals surface area (Å²) in [5, 5.41) is 6.96. The van der Waals surface area contributed by atoms with Crippen molar-refractivity contribution in [1.82, 2.24) is 15.1 Å². The number of allylic oxidation sites excluding steroid dienone is 2. The van der Waals surface area contributed by atoms with Gasteiger partial charge in [0.2, 0.25) is 11.8 Å². The number of fused-ring (bicyclic) bond motifs is 1. The summed E-state index contributed by atoms with van der Waals surface area (Å²) in [6, 6.07) is 6.63. The molecule has 2 N–H and O–H groups in total. The van der Waals surface area contributed by atoms with Crippen molar-refractivity contribution in [1.29, 1.82) is 0 Å². The van der Waals surface area contributed by atoms with Crippen molar-refractivity contribution in [2.45, 2.75) is 62.7 Å². The fourth-order valence-corrected chi connectivity index (χ4v) is 6.22. The molecule has 7 heteroatoms. The van der Waals surface area contributed by atoms with Crippen LogP contribution in [0.4, 0.5) is 5.69 Å². The van der Waals surface area contributed by atoms with Crippen LogP contribution < -0.4 is 10.6 Å². The van der Waals surface area contributed by atoms with Gasteiger partial charge in [0, 0.05) is 37.2 Å². The van der Waals surface area contributed by atoms with Crippen molar-refractivity contribution in [2.24, 2.45) is 16.8 Å². The topological polar surface area (TPSA) is 77.0 Å². The molecule has 3 heterocycles. The van der Waals surface area contributed by atoms with E-state index in [1.165, 1.54) is 16.7 Å². The standard InChI is InChI=1S/C28H33N5O2/c34-26(21-5-6-21)32-12-9-18(15-32)16-33-25(31-28(10-11-28)27(33)35)20-3-1-19(2-4-20)22-7-8-23-14-29-17-30-24(23)13-22/h1,3-4,7-8,13,17-19,21,25,31H,2,5-6,9-12,14-16H2,(H,29,30)/t18-,19?,25?/m1/s1. The van der Waals surface area contributed by atoms with E-state index >= 15 is 0 Å². The lowest BCUT2D eigenvalue weighted by molar-refractivity contribution is -0.131. The van der Waals surface area contributed by atoms with Crippen LogP contribution in [-0.4, -0.2) is 59.3 Å². The molecule has 3 atom stereocenters. The molecule has 1 spiro atoms. The zero-order valence-electron chi connectivity index (χ0n) is 20.1. The van der Waals surface area contributed by atoms with E-state index in [9.17, 15) is 9.59 Å². The summed E-state index contributed by atoms with van der Waals surface area (Å²) in [6.45, 7) is 3.11. The molecule has 182 valence electrons. The van der Waals surface area contributed by atoms with Gasteiger partial charge in [-0.25, -0.2) is 0 Å². The van der Waals surface area contributed by atoms with Gasteiger partial charge >= 0.3 is 0 Å². The summed E-state index contributed by atoms with van der Waals surface area (Å²) in [6.07, 6.45) is 14.4. The molecule has 3 aliphatic carbocycles. The highest BCUT2D eigenvalue weighted by Crippen LogP contribution is 2.45. The second-order valence-corrected chi connectivity index (χ2v) is 11.2. The Morgan fingerprint density at radius 3 is 2.86 bits per heavy atom. The number of aliphatic imine (C=N–C) groups is 1. The number of amides is 2. The zero-order valence-corrected chi connectivity index (χ0v) is 20.1. The quantitative estimate of drug-likeness (QED) is 0.692. The van der Waals surface area contributed by atoms with Crippen molar-refractivity contribution in [2.75, 3.05) is 25.0 Å². The smallest absolute Gasteiger partial charge is 0.244 e. The van der Waals surface area contributed by atoms with Crippen molar-refractivity contribution in [3.63, 3.8) is 0 Å². The monoisotopic (exact) mass is 471 g/mol. The maximum absolute atomic E-state index is 13.4. The Morgan fingerprint density at radius 1 is 1.20 bits per heavy atom. The number of anilines is 1. The maximum Gasteiger partial charge on any atom is 0.244 e. The Balaban J connectivity index is 1.05. The number of carbonyl (C=O) groups is 2. The molecular weight excluding hydrogens is 438 g/mol. The predicted octanol–water partition coefficient (Wildman–Crippen LogP) is 3.16. The third-order valence-electron chi connectivity index (χ3n) is 8.70. The van der Waals surface area contributed by atoms with E-state index < -0.39 is 0 Å². The SMILES string of the molecule is O=C(C1CC1)N1CC[C@@H](CN2C(=O)C3(CC3)NC2C2=CCC(c3ccc4c(c3)NC=NC4)C=C2)C1. The van der Waals surface area contributed by atoms with Gasteiger partial charge in [-0.1, -0.05) is 30.4 Å². The van der Waals surface area contributed by atoms with Crippen LogP contribution in [0.1, 0.15) is 55.6 Å². The minimum absolute atomic E-state index is 0.0585. The number of hydrogen-bond acceptors (Lipinski definition) is 5. The van der Waals surface area contributed by atoms with Crippen LogP contribution in [0.25, 0.3) is 0 Å². The summed E-state index contributed by atoms with van der Waals surface area (Å²) < 4.78 is 0. The average molecular weight is 472 g/mol. The number of likely N-dealkylation sites (tertiary alicyclic amines) is 1. The van der Waals surface area contributed by atoms with E-state index in [1.54, 1.807) is 6.34 Å². The first-order valence-electron chi connectivity index (χ1n) is 13.2. The van der Waals surface area contributed by atoms with E-state index in [0.717, 1.165) is 70.4 Å². The number of hydrogen-bond donors (Lipinski definition) is 2. The van der Waals surface area contributed by atoms with Gasteiger partial charge in [-0.15, -0.1) is 0 Å². The van der Waals surface area contributed by atoms with Gasteiger partial charge in [0.15, 0.2) is 0 Å². The number of rotatable bonds is 5. The maximum atomic E-state index is 13.4. The largest absolute Gasteiger partial charge is 0.346 e. The number of benzene rings is 1. The van der Waals surface area contributed by atoms with Crippen LogP contribution in [-0.2, 0) is 16.1 Å². The Labute approximate surface area is 206 Å². The molecule has 0 aromatic heterocycles. The van der Waals surface area contributed by atoms with Gasteiger partial charge in [0.05, 0.1) is 12.9 Å². The molecule has 1 aromatic rings.